The van der Waals surface area contributed by atoms with Gasteiger partial charge in [-0.2, -0.15) is 0 Å². The monoisotopic (exact) mass is 331 g/mol. The van der Waals surface area contributed by atoms with Crippen LogP contribution >= 0.6 is 23.2 Å². The molecular formula is C16H23Cl2NO2. The zero-order valence-electron chi connectivity index (χ0n) is 12.7. The fourth-order valence-corrected chi connectivity index (χ4v) is 2.70. The van der Waals surface area contributed by atoms with Crippen LogP contribution in [0.2, 0.25) is 10.0 Å². The Bertz CT molecular complexity index is 487. The van der Waals surface area contributed by atoms with Gasteiger partial charge in [0.05, 0.1) is 16.1 Å². The molecule has 1 unspecified atom stereocenters. The van der Waals surface area contributed by atoms with Crippen molar-refractivity contribution in [1.29, 1.82) is 0 Å². The summed E-state index contributed by atoms with van der Waals surface area (Å²) in [5, 5.41) is 13.4. The van der Waals surface area contributed by atoms with Gasteiger partial charge in [0, 0.05) is 13.0 Å². The Hall–Kier alpha value is -0.770. The highest BCUT2D eigenvalue weighted by Gasteiger charge is 2.21. The Morgan fingerprint density at radius 2 is 2.05 bits per heavy atom. The number of nitrogens with one attached hydrogen (secondary N) is 1. The van der Waals surface area contributed by atoms with E-state index in [0.717, 1.165) is 5.56 Å². The van der Waals surface area contributed by atoms with Crippen molar-refractivity contribution in [3.63, 3.8) is 0 Å². The summed E-state index contributed by atoms with van der Waals surface area (Å²) in [7, 11) is 0. The summed E-state index contributed by atoms with van der Waals surface area (Å²) in [6.07, 6.45) is 1.20. The number of aryl methyl sites for hydroxylation is 1. The highest BCUT2D eigenvalue weighted by atomic mass is 35.5. The second-order valence-corrected chi connectivity index (χ2v) is 6.99. The smallest absolute Gasteiger partial charge is 0.220 e. The van der Waals surface area contributed by atoms with Gasteiger partial charge in [0.2, 0.25) is 5.91 Å². The van der Waals surface area contributed by atoms with E-state index in [2.05, 4.69) is 5.32 Å². The molecule has 1 aromatic carbocycles. The predicted octanol–water partition coefficient (Wildman–Crippen LogP) is 3.84. The number of rotatable bonds is 7. The molecule has 0 aliphatic rings. The van der Waals surface area contributed by atoms with Crippen molar-refractivity contribution < 1.29 is 9.90 Å². The number of carbonyl (C=O) groups is 1. The van der Waals surface area contributed by atoms with E-state index < -0.39 is 0 Å². The average molecular weight is 332 g/mol. The molecule has 3 nitrogen and oxygen atoms in total. The average Bonchev–Trinajstić information content (AvgIpc) is 2.37. The second-order valence-electron chi connectivity index (χ2n) is 6.21. The molecule has 0 aliphatic heterocycles. The van der Waals surface area contributed by atoms with Crippen LogP contribution in [0, 0.1) is 5.41 Å². The van der Waals surface area contributed by atoms with E-state index in [1.54, 1.807) is 13.0 Å². The Labute approximate surface area is 136 Å². The minimum atomic E-state index is -0.373. The van der Waals surface area contributed by atoms with Crippen molar-refractivity contribution in [2.75, 3.05) is 6.54 Å². The standard InChI is InChI=1S/C16H23Cl2NO2/c1-11(20)9-16(2,3)10-19-14(21)8-7-12-5-4-6-13(17)15(12)18/h4-6,11,20H,7-10H2,1-3H3,(H,19,21). The van der Waals surface area contributed by atoms with Gasteiger partial charge in [-0.3, -0.25) is 4.79 Å². The third-order valence-corrected chi connectivity index (χ3v) is 4.12. The van der Waals surface area contributed by atoms with Gasteiger partial charge in [0.15, 0.2) is 0 Å². The summed E-state index contributed by atoms with van der Waals surface area (Å²) < 4.78 is 0. The molecule has 0 bridgehead atoms. The van der Waals surface area contributed by atoms with Gasteiger partial charge >= 0.3 is 0 Å². The van der Waals surface area contributed by atoms with Crippen LogP contribution < -0.4 is 5.32 Å². The molecule has 0 aliphatic carbocycles. The Morgan fingerprint density at radius 3 is 2.67 bits per heavy atom. The van der Waals surface area contributed by atoms with E-state index in [1.165, 1.54) is 0 Å². The van der Waals surface area contributed by atoms with E-state index in [-0.39, 0.29) is 17.4 Å². The maximum Gasteiger partial charge on any atom is 0.220 e. The number of hydrogen-bond acceptors (Lipinski definition) is 2. The fraction of sp³-hybridized carbons (Fsp3) is 0.562. The van der Waals surface area contributed by atoms with Crippen molar-refractivity contribution >= 4 is 29.1 Å². The van der Waals surface area contributed by atoms with Crippen LogP contribution in [0.4, 0.5) is 0 Å². The molecule has 0 aromatic heterocycles. The first kappa shape index (κ1) is 18.3. The van der Waals surface area contributed by atoms with E-state index in [0.29, 0.717) is 35.9 Å². The Morgan fingerprint density at radius 1 is 1.38 bits per heavy atom. The number of aliphatic hydroxyl groups is 1. The lowest BCUT2D eigenvalue weighted by atomic mass is 9.87. The summed E-state index contributed by atoms with van der Waals surface area (Å²) in [6, 6.07) is 5.43. The van der Waals surface area contributed by atoms with E-state index in [1.807, 2.05) is 26.0 Å². The van der Waals surface area contributed by atoms with Crippen LogP contribution in [0.25, 0.3) is 0 Å². The van der Waals surface area contributed by atoms with Crippen LogP contribution in [0.5, 0.6) is 0 Å². The third kappa shape index (κ3) is 6.68. The van der Waals surface area contributed by atoms with Gasteiger partial charge in [0.25, 0.3) is 0 Å². The molecule has 1 amide bonds. The normalized spacial score (nSPS) is 13.0. The predicted molar refractivity (Wildman–Crippen MR) is 87.9 cm³/mol. The maximum atomic E-state index is 11.9. The highest BCUT2D eigenvalue weighted by molar-refractivity contribution is 6.42. The van der Waals surface area contributed by atoms with Crippen molar-refractivity contribution in [1.82, 2.24) is 5.32 Å². The van der Waals surface area contributed by atoms with E-state index >= 15 is 0 Å². The third-order valence-electron chi connectivity index (χ3n) is 3.27. The van der Waals surface area contributed by atoms with Crippen molar-refractivity contribution in [3.05, 3.63) is 33.8 Å². The summed E-state index contributed by atoms with van der Waals surface area (Å²) >= 11 is 12.0. The molecule has 0 spiro atoms. The summed E-state index contributed by atoms with van der Waals surface area (Å²) in [4.78, 5) is 11.9. The molecule has 5 heteroatoms. The molecule has 0 radical (unpaired) electrons. The van der Waals surface area contributed by atoms with Crippen LogP contribution in [0.15, 0.2) is 18.2 Å². The van der Waals surface area contributed by atoms with Crippen LogP contribution in [-0.2, 0) is 11.2 Å². The van der Waals surface area contributed by atoms with Gasteiger partial charge in [-0.15, -0.1) is 0 Å². The van der Waals surface area contributed by atoms with Crippen LogP contribution in [0.1, 0.15) is 39.2 Å². The number of benzene rings is 1. The topological polar surface area (TPSA) is 49.3 Å². The first-order valence-electron chi connectivity index (χ1n) is 7.09. The molecule has 0 saturated heterocycles. The van der Waals surface area contributed by atoms with Crippen molar-refractivity contribution in [2.24, 2.45) is 5.41 Å². The van der Waals surface area contributed by atoms with Crippen LogP contribution in [0.3, 0.4) is 0 Å². The number of amides is 1. The van der Waals surface area contributed by atoms with Crippen LogP contribution in [-0.4, -0.2) is 23.7 Å². The quantitative estimate of drug-likeness (QED) is 0.797. The van der Waals surface area contributed by atoms with Gasteiger partial charge in [-0.25, -0.2) is 0 Å². The van der Waals surface area contributed by atoms with E-state index in [9.17, 15) is 9.90 Å². The van der Waals surface area contributed by atoms with E-state index in [4.69, 9.17) is 23.2 Å². The first-order valence-corrected chi connectivity index (χ1v) is 7.84. The first-order chi connectivity index (χ1) is 9.71. The lowest BCUT2D eigenvalue weighted by molar-refractivity contribution is -0.121. The molecule has 1 aromatic rings. The Balaban J connectivity index is 2.43. The van der Waals surface area contributed by atoms with Gasteiger partial charge in [0.1, 0.15) is 0 Å². The fourth-order valence-electron chi connectivity index (χ4n) is 2.29. The zero-order valence-corrected chi connectivity index (χ0v) is 14.3. The number of halogens is 2. The molecule has 0 fully saturated rings. The maximum absolute atomic E-state index is 11.9. The molecule has 2 N–H and O–H groups in total. The number of hydrogen-bond donors (Lipinski definition) is 2. The molecule has 0 heterocycles. The minimum Gasteiger partial charge on any atom is -0.393 e. The highest BCUT2D eigenvalue weighted by Crippen LogP contribution is 2.26. The summed E-state index contributed by atoms with van der Waals surface area (Å²) in [6.45, 7) is 6.34. The molecule has 0 saturated carbocycles. The minimum absolute atomic E-state index is 0.0234. The largest absolute Gasteiger partial charge is 0.393 e. The van der Waals surface area contributed by atoms with Crippen molar-refractivity contribution in [2.45, 2.75) is 46.1 Å². The molecular weight excluding hydrogens is 309 g/mol. The zero-order chi connectivity index (χ0) is 16.0. The molecule has 118 valence electrons. The number of aliphatic hydroxyl groups excluding tert-OH is 1. The molecule has 1 atom stereocenters. The summed E-state index contributed by atoms with van der Waals surface area (Å²) in [5.41, 5.74) is 0.750. The Kier molecular flexibility index (Phi) is 6.98. The summed E-state index contributed by atoms with van der Waals surface area (Å²) in [5.74, 6) is -0.0234. The van der Waals surface area contributed by atoms with Gasteiger partial charge < -0.3 is 10.4 Å². The SMILES string of the molecule is CC(O)CC(C)(C)CNC(=O)CCc1cccc(Cl)c1Cl. The molecule has 1 rings (SSSR count). The lowest BCUT2D eigenvalue weighted by Gasteiger charge is -2.26. The van der Waals surface area contributed by atoms with Crippen molar-refractivity contribution in [3.8, 4) is 0 Å². The molecule has 21 heavy (non-hydrogen) atoms. The lowest BCUT2D eigenvalue weighted by Crippen LogP contribution is -2.35. The number of carbonyl (C=O) groups excluding carboxylic acids is 1. The van der Waals surface area contributed by atoms with Gasteiger partial charge in [-0.05, 0) is 36.8 Å². The second kappa shape index (κ2) is 8.02. The van der Waals surface area contributed by atoms with Gasteiger partial charge in [-0.1, -0.05) is 49.2 Å².